The summed E-state index contributed by atoms with van der Waals surface area (Å²) in [5.74, 6) is -0.0397. The van der Waals surface area contributed by atoms with Gasteiger partial charge in [0.05, 0.1) is 11.4 Å². The fourth-order valence-electron chi connectivity index (χ4n) is 5.23. The molecule has 0 aliphatic rings. The van der Waals surface area contributed by atoms with Crippen molar-refractivity contribution in [2.24, 2.45) is 0 Å². The molecule has 5 aromatic carbocycles. The lowest BCUT2D eigenvalue weighted by Gasteiger charge is -2.15. The van der Waals surface area contributed by atoms with Gasteiger partial charge in [0, 0.05) is 22.3 Å². The molecule has 0 spiro atoms. The first-order chi connectivity index (χ1) is 23.1. The SMILES string of the molecule is Cc1cc(C(=O)c2ccccc2C)ccc1OCC(=O)Nc1ccccc1NC(=O)COc1cc(C)c(C(=O)c2ccccc2)cc1C. The monoisotopic (exact) mass is 640 g/mol. The van der Waals surface area contributed by atoms with Crippen LogP contribution in [0.2, 0.25) is 0 Å². The van der Waals surface area contributed by atoms with Crippen molar-refractivity contribution in [3.63, 3.8) is 0 Å². The zero-order valence-electron chi connectivity index (χ0n) is 27.3. The van der Waals surface area contributed by atoms with Crippen molar-refractivity contribution in [3.8, 4) is 11.5 Å². The number of anilines is 2. The number of ketones is 2. The van der Waals surface area contributed by atoms with Crippen LogP contribution in [0.15, 0.2) is 109 Å². The van der Waals surface area contributed by atoms with E-state index in [9.17, 15) is 19.2 Å². The molecule has 48 heavy (non-hydrogen) atoms. The molecule has 5 rings (SSSR count). The lowest BCUT2D eigenvalue weighted by atomic mass is 9.97. The van der Waals surface area contributed by atoms with Gasteiger partial charge in [0.25, 0.3) is 11.8 Å². The summed E-state index contributed by atoms with van der Waals surface area (Å²) in [6.07, 6.45) is 0. The van der Waals surface area contributed by atoms with Crippen LogP contribution in [0.5, 0.6) is 11.5 Å². The smallest absolute Gasteiger partial charge is 0.262 e. The van der Waals surface area contributed by atoms with Gasteiger partial charge in [-0.15, -0.1) is 0 Å². The van der Waals surface area contributed by atoms with E-state index >= 15 is 0 Å². The van der Waals surface area contributed by atoms with E-state index in [0.717, 1.165) is 22.3 Å². The maximum Gasteiger partial charge on any atom is 0.262 e. The predicted octanol–water partition coefficient (Wildman–Crippen LogP) is 7.42. The second-order valence-electron chi connectivity index (χ2n) is 11.5. The molecule has 5 aromatic rings. The molecule has 8 heteroatoms. The summed E-state index contributed by atoms with van der Waals surface area (Å²) in [5, 5.41) is 5.56. The van der Waals surface area contributed by atoms with Gasteiger partial charge < -0.3 is 20.1 Å². The topological polar surface area (TPSA) is 111 Å². The molecular formula is C40H36N2O6. The van der Waals surface area contributed by atoms with Gasteiger partial charge in [0.15, 0.2) is 24.8 Å². The first kappa shape index (κ1) is 33.3. The Hall–Kier alpha value is -6.02. The van der Waals surface area contributed by atoms with E-state index in [1.54, 1.807) is 72.8 Å². The van der Waals surface area contributed by atoms with Gasteiger partial charge in [-0.1, -0.05) is 66.7 Å². The van der Waals surface area contributed by atoms with Crippen LogP contribution in [0.3, 0.4) is 0 Å². The fourth-order valence-corrected chi connectivity index (χ4v) is 5.23. The summed E-state index contributed by atoms with van der Waals surface area (Å²) in [4.78, 5) is 51.6. The van der Waals surface area contributed by atoms with Crippen molar-refractivity contribution in [1.82, 2.24) is 0 Å². The van der Waals surface area contributed by atoms with Crippen molar-refractivity contribution >= 4 is 34.8 Å². The standard InChI is InChI=1S/C40H36N2O6/c1-25-12-8-9-15-31(25)40(46)30-18-19-35(27(3)20-30)47-23-37(43)41-33-16-10-11-17-34(33)42-38(44)24-48-36-22-26(2)32(21-28(36)4)39(45)29-13-6-5-7-14-29/h5-22H,23-24H2,1-4H3,(H,41,43)(H,42,44). The third-order valence-electron chi connectivity index (χ3n) is 7.82. The van der Waals surface area contributed by atoms with E-state index in [-0.39, 0.29) is 24.8 Å². The molecule has 0 saturated heterocycles. The lowest BCUT2D eigenvalue weighted by Crippen LogP contribution is -2.24. The van der Waals surface area contributed by atoms with E-state index in [0.29, 0.717) is 45.1 Å². The van der Waals surface area contributed by atoms with Crippen molar-refractivity contribution < 1.29 is 28.7 Å². The summed E-state index contributed by atoms with van der Waals surface area (Å²) >= 11 is 0. The molecular weight excluding hydrogens is 604 g/mol. The Balaban J connectivity index is 1.16. The number of carbonyl (C=O) groups excluding carboxylic acids is 4. The van der Waals surface area contributed by atoms with Gasteiger partial charge in [0.1, 0.15) is 11.5 Å². The van der Waals surface area contributed by atoms with Crippen LogP contribution in [-0.4, -0.2) is 36.6 Å². The zero-order valence-corrected chi connectivity index (χ0v) is 27.3. The van der Waals surface area contributed by atoms with Crippen LogP contribution in [-0.2, 0) is 9.59 Å². The number of nitrogens with one attached hydrogen (secondary N) is 2. The highest BCUT2D eigenvalue weighted by molar-refractivity contribution is 6.10. The molecule has 8 nitrogen and oxygen atoms in total. The lowest BCUT2D eigenvalue weighted by molar-refractivity contribution is -0.119. The molecule has 0 saturated carbocycles. The Morgan fingerprint density at radius 3 is 1.65 bits per heavy atom. The highest BCUT2D eigenvalue weighted by atomic mass is 16.5. The minimum atomic E-state index is -0.427. The normalized spacial score (nSPS) is 10.6. The van der Waals surface area contributed by atoms with Crippen LogP contribution in [0.25, 0.3) is 0 Å². The average Bonchev–Trinajstić information content (AvgIpc) is 3.08. The highest BCUT2D eigenvalue weighted by Gasteiger charge is 2.17. The zero-order chi connectivity index (χ0) is 34.2. The third kappa shape index (κ3) is 8.03. The number of rotatable bonds is 12. The van der Waals surface area contributed by atoms with Crippen molar-refractivity contribution in [2.45, 2.75) is 27.7 Å². The molecule has 0 aromatic heterocycles. The minimum absolute atomic E-state index is 0.0805. The second-order valence-corrected chi connectivity index (χ2v) is 11.5. The number of hydrogen-bond donors (Lipinski definition) is 2. The van der Waals surface area contributed by atoms with E-state index in [2.05, 4.69) is 10.6 Å². The Labute approximate surface area is 279 Å². The summed E-state index contributed by atoms with van der Waals surface area (Å²) in [6, 6.07) is 31.9. The predicted molar refractivity (Wildman–Crippen MR) is 186 cm³/mol. The minimum Gasteiger partial charge on any atom is -0.483 e. The number of benzene rings is 5. The largest absolute Gasteiger partial charge is 0.483 e. The molecule has 242 valence electrons. The van der Waals surface area contributed by atoms with Gasteiger partial charge >= 0.3 is 0 Å². The van der Waals surface area contributed by atoms with Gasteiger partial charge in [-0.05, 0) is 92.4 Å². The molecule has 0 bridgehead atoms. The molecule has 0 aliphatic carbocycles. The van der Waals surface area contributed by atoms with Crippen LogP contribution < -0.4 is 20.1 Å². The van der Waals surface area contributed by atoms with Gasteiger partial charge in [-0.3, -0.25) is 19.2 Å². The second kappa shape index (κ2) is 15.0. The quantitative estimate of drug-likeness (QED) is 0.137. The Morgan fingerprint density at radius 2 is 1.02 bits per heavy atom. The molecule has 2 N–H and O–H groups in total. The third-order valence-corrected chi connectivity index (χ3v) is 7.82. The van der Waals surface area contributed by atoms with Crippen LogP contribution in [0.1, 0.15) is 54.1 Å². The Kier molecular flexibility index (Phi) is 10.5. The maximum atomic E-state index is 13.0. The highest BCUT2D eigenvalue weighted by Crippen LogP contribution is 2.26. The Morgan fingerprint density at radius 1 is 0.479 bits per heavy atom. The van der Waals surface area contributed by atoms with E-state index < -0.39 is 11.8 Å². The van der Waals surface area contributed by atoms with E-state index in [1.165, 1.54) is 0 Å². The van der Waals surface area contributed by atoms with Crippen molar-refractivity contribution in [3.05, 3.63) is 154 Å². The summed E-state index contributed by atoms with van der Waals surface area (Å²) in [5.41, 5.74) is 6.21. The number of amides is 2. The first-order valence-electron chi connectivity index (χ1n) is 15.5. The van der Waals surface area contributed by atoms with Crippen LogP contribution >= 0.6 is 0 Å². The van der Waals surface area contributed by atoms with Crippen LogP contribution in [0.4, 0.5) is 11.4 Å². The molecule has 2 amide bonds. The number of aryl methyl sites for hydroxylation is 4. The molecule has 0 aliphatic heterocycles. The number of para-hydroxylation sites is 2. The fraction of sp³-hybridized carbons (Fsp3) is 0.150. The van der Waals surface area contributed by atoms with Gasteiger partial charge in [0.2, 0.25) is 0 Å². The first-order valence-corrected chi connectivity index (χ1v) is 15.5. The molecule has 0 fully saturated rings. The summed E-state index contributed by atoms with van der Waals surface area (Å²) < 4.78 is 11.6. The molecule has 0 unspecified atom stereocenters. The van der Waals surface area contributed by atoms with E-state index in [1.807, 2.05) is 64.1 Å². The molecule has 0 heterocycles. The summed E-state index contributed by atoms with van der Waals surface area (Å²) in [7, 11) is 0. The van der Waals surface area contributed by atoms with Crippen molar-refractivity contribution in [2.75, 3.05) is 23.8 Å². The number of carbonyl (C=O) groups is 4. The summed E-state index contributed by atoms with van der Waals surface area (Å²) in [6.45, 7) is 6.80. The molecule has 0 radical (unpaired) electrons. The van der Waals surface area contributed by atoms with Gasteiger partial charge in [-0.2, -0.15) is 0 Å². The van der Waals surface area contributed by atoms with Crippen LogP contribution in [0, 0.1) is 27.7 Å². The Bertz CT molecular complexity index is 2000. The maximum absolute atomic E-state index is 13.0. The average molecular weight is 641 g/mol. The number of hydrogen-bond acceptors (Lipinski definition) is 6. The van der Waals surface area contributed by atoms with E-state index in [4.69, 9.17) is 9.47 Å². The number of ether oxygens (including phenoxy) is 2. The van der Waals surface area contributed by atoms with Crippen molar-refractivity contribution in [1.29, 1.82) is 0 Å². The van der Waals surface area contributed by atoms with Gasteiger partial charge in [-0.25, -0.2) is 0 Å². The molecule has 0 atom stereocenters.